The van der Waals surface area contributed by atoms with Crippen molar-refractivity contribution < 1.29 is 9.05 Å². The smallest absolute Gasteiger partial charge is 0.259 e. The zero-order valence-corrected chi connectivity index (χ0v) is 25.3. The molecule has 0 atom stereocenters. The molecule has 4 heteroatoms. The van der Waals surface area contributed by atoms with Crippen molar-refractivity contribution in [3.63, 3.8) is 0 Å². The van der Waals surface area contributed by atoms with Gasteiger partial charge >= 0.3 is 0 Å². The van der Waals surface area contributed by atoms with Crippen LogP contribution in [0.4, 0.5) is 0 Å². The quantitative estimate of drug-likeness (QED) is 0.0825. The van der Waals surface area contributed by atoms with Gasteiger partial charge < -0.3 is 9.05 Å². The monoisotopic (exact) mass is 501 g/mol. The van der Waals surface area contributed by atoms with Crippen molar-refractivity contribution in [3.8, 4) is 0 Å². The predicted molar refractivity (Wildman–Crippen MR) is 155 cm³/mol. The number of hydrogen-bond donors (Lipinski definition) is 0. The van der Waals surface area contributed by atoms with Crippen LogP contribution in [-0.2, 0) is 9.05 Å². The molecular weight excluding hydrogens is 437 g/mol. The summed E-state index contributed by atoms with van der Waals surface area (Å²) in [4.78, 5) is 0. The summed E-state index contributed by atoms with van der Waals surface area (Å²) in [6, 6.07) is 0.901. The highest BCUT2D eigenvalue weighted by Crippen LogP contribution is 2.46. The Morgan fingerprint density at radius 1 is 0.441 bits per heavy atom. The molecule has 0 aliphatic rings. The first-order valence-electron chi connectivity index (χ1n) is 15.4. The van der Waals surface area contributed by atoms with E-state index in [1.54, 1.807) is 0 Å². The van der Waals surface area contributed by atoms with Crippen LogP contribution in [0.5, 0.6) is 0 Å². The topological polar surface area (TPSA) is 21.7 Å². The lowest BCUT2D eigenvalue weighted by Gasteiger charge is -2.35. The SMILES string of the molecule is CCCCCCCCCCCCOP(OCCCCCCCCCCCC)N(C(C)C)C(C)C. The molecule has 0 unspecified atom stereocenters. The molecule has 0 spiro atoms. The molecule has 0 radical (unpaired) electrons. The Bertz CT molecular complexity index is 358. The molecule has 0 aromatic heterocycles. The van der Waals surface area contributed by atoms with Crippen molar-refractivity contribution in [2.75, 3.05) is 13.2 Å². The fraction of sp³-hybridized carbons (Fsp3) is 1.00. The van der Waals surface area contributed by atoms with Crippen molar-refractivity contribution >= 4 is 8.53 Å². The predicted octanol–water partition coefficient (Wildman–Crippen LogP) is 11.2. The zero-order valence-electron chi connectivity index (χ0n) is 24.4. The van der Waals surface area contributed by atoms with E-state index in [2.05, 4.69) is 46.2 Å². The Morgan fingerprint density at radius 3 is 0.971 bits per heavy atom. The second-order valence-corrected chi connectivity index (χ2v) is 12.3. The van der Waals surface area contributed by atoms with Crippen LogP contribution in [0.25, 0.3) is 0 Å². The fourth-order valence-electron chi connectivity index (χ4n) is 4.61. The normalized spacial score (nSPS) is 12.2. The molecular formula is C30H64NO2P. The van der Waals surface area contributed by atoms with Crippen molar-refractivity contribution in [2.24, 2.45) is 0 Å². The minimum atomic E-state index is -0.942. The summed E-state index contributed by atoms with van der Waals surface area (Å²) in [5, 5.41) is 0. The van der Waals surface area contributed by atoms with E-state index >= 15 is 0 Å². The maximum Gasteiger partial charge on any atom is 0.259 e. The molecule has 0 heterocycles. The molecule has 34 heavy (non-hydrogen) atoms. The van der Waals surface area contributed by atoms with Gasteiger partial charge in [0.25, 0.3) is 8.53 Å². The lowest BCUT2D eigenvalue weighted by atomic mass is 10.1. The minimum absolute atomic E-state index is 0.450. The van der Waals surface area contributed by atoms with Crippen molar-refractivity contribution in [2.45, 2.75) is 182 Å². The molecule has 0 saturated heterocycles. The van der Waals surface area contributed by atoms with Crippen LogP contribution in [0.15, 0.2) is 0 Å². The Kier molecular flexibility index (Phi) is 26.6. The van der Waals surface area contributed by atoms with Crippen LogP contribution in [0.3, 0.4) is 0 Å². The Hall–Kier alpha value is 0.310. The van der Waals surface area contributed by atoms with Gasteiger partial charge in [0.15, 0.2) is 0 Å². The van der Waals surface area contributed by atoms with Gasteiger partial charge in [0.2, 0.25) is 0 Å². The van der Waals surface area contributed by atoms with E-state index in [0.717, 1.165) is 13.2 Å². The summed E-state index contributed by atoms with van der Waals surface area (Å²) < 4.78 is 15.2. The van der Waals surface area contributed by atoms with Gasteiger partial charge in [-0.2, -0.15) is 0 Å². The number of hydrogen-bond acceptors (Lipinski definition) is 3. The average molecular weight is 502 g/mol. The van der Waals surface area contributed by atoms with Crippen molar-refractivity contribution in [1.29, 1.82) is 0 Å². The minimum Gasteiger partial charge on any atom is -0.322 e. The van der Waals surface area contributed by atoms with Gasteiger partial charge in [0.1, 0.15) is 0 Å². The molecule has 0 bridgehead atoms. The van der Waals surface area contributed by atoms with Gasteiger partial charge in [-0.25, -0.2) is 4.67 Å². The highest BCUT2D eigenvalue weighted by molar-refractivity contribution is 7.44. The number of nitrogens with zero attached hydrogens (tertiary/aromatic N) is 1. The summed E-state index contributed by atoms with van der Waals surface area (Å²) >= 11 is 0. The largest absolute Gasteiger partial charge is 0.322 e. The lowest BCUT2D eigenvalue weighted by Crippen LogP contribution is -2.33. The van der Waals surface area contributed by atoms with E-state index in [4.69, 9.17) is 9.05 Å². The summed E-state index contributed by atoms with van der Waals surface area (Å²) in [6.45, 7) is 15.3. The molecule has 0 N–H and O–H groups in total. The van der Waals surface area contributed by atoms with E-state index in [0.29, 0.717) is 12.1 Å². The molecule has 0 aliphatic heterocycles. The molecule has 0 amide bonds. The molecule has 0 rings (SSSR count). The summed E-state index contributed by atoms with van der Waals surface area (Å²) in [7, 11) is -0.942. The summed E-state index contributed by atoms with van der Waals surface area (Å²) in [5.41, 5.74) is 0. The maximum absolute atomic E-state index is 6.36. The van der Waals surface area contributed by atoms with Gasteiger partial charge in [-0.1, -0.05) is 129 Å². The van der Waals surface area contributed by atoms with Crippen LogP contribution in [0, 0.1) is 0 Å². The number of rotatable bonds is 27. The second kappa shape index (κ2) is 26.4. The van der Waals surface area contributed by atoms with Gasteiger partial charge in [-0.3, -0.25) is 0 Å². The van der Waals surface area contributed by atoms with Gasteiger partial charge in [-0.15, -0.1) is 0 Å². The molecule has 0 aromatic rings. The second-order valence-electron chi connectivity index (χ2n) is 10.8. The van der Waals surface area contributed by atoms with Crippen molar-refractivity contribution in [3.05, 3.63) is 0 Å². The first-order chi connectivity index (χ1) is 16.5. The first-order valence-corrected chi connectivity index (χ1v) is 16.5. The third-order valence-corrected chi connectivity index (χ3v) is 8.75. The standard InChI is InChI=1S/C30H64NO2P/c1-7-9-11-13-15-17-19-21-23-25-27-32-34(31(29(3)4)30(5)6)33-28-26-24-22-20-18-16-14-12-10-8-2/h29-30H,7-28H2,1-6H3. The summed E-state index contributed by atoms with van der Waals surface area (Å²) in [5.74, 6) is 0. The lowest BCUT2D eigenvalue weighted by molar-refractivity contribution is 0.170. The van der Waals surface area contributed by atoms with Gasteiger partial charge in [0, 0.05) is 12.1 Å². The molecule has 0 aliphatic carbocycles. The Labute approximate surface area is 217 Å². The average Bonchev–Trinajstić information content (AvgIpc) is 2.80. The molecule has 0 aromatic carbocycles. The van der Waals surface area contributed by atoms with E-state index in [9.17, 15) is 0 Å². The third-order valence-electron chi connectivity index (χ3n) is 6.65. The van der Waals surface area contributed by atoms with Gasteiger partial charge in [0.05, 0.1) is 13.2 Å². The van der Waals surface area contributed by atoms with Crippen LogP contribution in [0.2, 0.25) is 0 Å². The first kappa shape index (κ1) is 34.3. The highest BCUT2D eigenvalue weighted by Gasteiger charge is 2.26. The van der Waals surface area contributed by atoms with E-state index < -0.39 is 8.53 Å². The molecule has 0 saturated carbocycles. The zero-order chi connectivity index (χ0) is 25.3. The van der Waals surface area contributed by atoms with E-state index in [1.807, 2.05) is 0 Å². The van der Waals surface area contributed by atoms with E-state index in [-0.39, 0.29) is 0 Å². The van der Waals surface area contributed by atoms with Crippen LogP contribution in [0.1, 0.15) is 170 Å². The van der Waals surface area contributed by atoms with Gasteiger partial charge in [-0.05, 0) is 40.5 Å². The van der Waals surface area contributed by atoms with Crippen LogP contribution < -0.4 is 0 Å². The fourth-order valence-corrected chi connectivity index (χ4v) is 6.27. The molecule has 206 valence electrons. The Balaban J connectivity index is 3.98. The molecule has 0 fully saturated rings. The van der Waals surface area contributed by atoms with E-state index in [1.165, 1.54) is 128 Å². The van der Waals surface area contributed by atoms with Crippen molar-refractivity contribution in [1.82, 2.24) is 4.67 Å². The van der Waals surface area contributed by atoms with Crippen LogP contribution >= 0.6 is 8.53 Å². The molecule has 3 nitrogen and oxygen atoms in total. The maximum atomic E-state index is 6.36. The third kappa shape index (κ3) is 21.6. The number of unbranched alkanes of at least 4 members (excludes halogenated alkanes) is 18. The Morgan fingerprint density at radius 2 is 0.706 bits per heavy atom. The highest BCUT2D eigenvalue weighted by atomic mass is 31.2. The summed E-state index contributed by atoms with van der Waals surface area (Å²) in [6.07, 6.45) is 27.3. The van der Waals surface area contributed by atoms with Crippen LogP contribution in [-0.4, -0.2) is 30.0 Å².